The smallest absolute Gasteiger partial charge is 0.215 e. The lowest BCUT2D eigenvalue weighted by Crippen LogP contribution is -2.32. The van der Waals surface area contributed by atoms with E-state index in [2.05, 4.69) is 10.0 Å². The summed E-state index contributed by atoms with van der Waals surface area (Å²) in [5, 5.41) is 2.93. The largest absolute Gasteiger partial charge is 0.316 e. The summed E-state index contributed by atoms with van der Waals surface area (Å²) in [4.78, 5) is 0. The summed E-state index contributed by atoms with van der Waals surface area (Å²) in [5.74, 6) is -0.767. The number of halogens is 3. The third kappa shape index (κ3) is 7.08. The van der Waals surface area contributed by atoms with E-state index in [1.807, 2.05) is 6.92 Å². The molecule has 8 heteroatoms. The van der Waals surface area contributed by atoms with E-state index in [9.17, 15) is 12.8 Å². The summed E-state index contributed by atoms with van der Waals surface area (Å²) in [7, 11) is -3.42. The zero-order chi connectivity index (χ0) is 13.6. The topological polar surface area (TPSA) is 58.2 Å². The first kappa shape index (κ1) is 18.6. The van der Waals surface area contributed by atoms with E-state index in [0.717, 1.165) is 12.6 Å². The molecule has 0 amide bonds. The van der Waals surface area contributed by atoms with Gasteiger partial charge in [-0.15, -0.1) is 12.4 Å². The molecule has 1 aromatic rings. The van der Waals surface area contributed by atoms with E-state index in [1.165, 1.54) is 12.1 Å². The van der Waals surface area contributed by atoms with Gasteiger partial charge in [-0.25, -0.2) is 17.5 Å². The second-order valence-corrected chi connectivity index (χ2v) is 5.97. The maximum Gasteiger partial charge on any atom is 0.215 e. The first-order chi connectivity index (χ1) is 8.44. The van der Waals surface area contributed by atoms with Crippen molar-refractivity contribution in [3.63, 3.8) is 0 Å². The first-order valence-corrected chi connectivity index (χ1v) is 7.59. The quantitative estimate of drug-likeness (QED) is 0.751. The molecule has 0 bridgehead atoms. The Labute approximate surface area is 124 Å². The van der Waals surface area contributed by atoms with E-state index in [4.69, 9.17) is 11.6 Å². The van der Waals surface area contributed by atoms with Gasteiger partial charge >= 0.3 is 0 Å². The van der Waals surface area contributed by atoms with Crippen LogP contribution < -0.4 is 10.0 Å². The van der Waals surface area contributed by atoms with Crippen molar-refractivity contribution in [2.24, 2.45) is 0 Å². The van der Waals surface area contributed by atoms with E-state index < -0.39 is 15.8 Å². The van der Waals surface area contributed by atoms with Crippen LogP contribution in [0.3, 0.4) is 0 Å². The molecule has 0 aliphatic rings. The molecule has 0 atom stereocenters. The Morgan fingerprint density at radius 1 is 1.32 bits per heavy atom. The number of hydrogen-bond donors (Lipinski definition) is 2. The third-order valence-electron chi connectivity index (χ3n) is 2.21. The van der Waals surface area contributed by atoms with Gasteiger partial charge in [0.25, 0.3) is 0 Å². The summed E-state index contributed by atoms with van der Waals surface area (Å²) in [5.41, 5.74) is 0.456. The molecule has 0 unspecified atom stereocenters. The molecule has 0 aromatic heterocycles. The SMILES string of the molecule is CCNCCNS(=O)(=O)Cc1ccc(F)c(Cl)c1.Cl. The van der Waals surface area contributed by atoms with Gasteiger partial charge in [-0.05, 0) is 24.2 Å². The Hall–Kier alpha value is -0.400. The molecule has 110 valence electrons. The third-order valence-corrected chi connectivity index (χ3v) is 3.86. The number of likely N-dealkylation sites (N-methyl/N-ethyl adjacent to an activating group) is 1. The average Bonchev–Trinajstić information content (AvgIpc) is 2.29. The van der Waals surface area contributed by atoms with Crippen LogP contribution in [0.4, 0.5) is 4.39 Å². The Balaban J connectivity index is 0.00000324. The summed E-state index contributed by atoms with van der Waals surface area (Å²) in [6.07, 6.45) is 0. The normalized spacial score (nSPS) is 11.1. The summed E-state index contributed by atoms with van der Waals surface area (Å²) < 4.78 is 38.7. The predicted molar refractivity (Wildman–Crippen MR) is 77.8 cm³/mol. The Kier molecular flexibility index (Phi) is 8.52. The fourth-order valence-electron chi connectivity index (χ4n) is 1.37. The highest BCUT2D eigenvalue weighted by Crippen LogP contribution is 2.17. The molecule has 0 aliphatic carbocycles. The fraction of sp³-hybridized carbons (Fsp3) is 0.455. The van der Waals surface area contributed by atoms with Gasteiger partial charge in [0.15, 0.2) is 0 Å². The van der Waals surface area contributed by atoms with Gasteiger partial charge in [-0.1, -0.05) is 24.6 Å². The van der Waals surface area contributed by atoms with Crippen LogP contribution in [-0.4, -0.2) is 28.1 Å². The number of hydrogen-bond acceptors (Lipinski definition) is 3. The van der Waals surface area contributed by atoms with Crippen molar-refractivity contribution in [2.45, 2.75) is 12.7 Å². The molecular formula is C11H17Cl2FN2O2S. The average molecular weight is 331 g/mol. The lowest BCUT2D eigenvalue weighted by atomic mass is 10.2. The molecule has 0 aliphatic heterocycles. The number of nitrogens with one attached hydrogen (secondary N) is 2. The molecule has 0 spiro atoms. The highest BCUT2D eigenvalue weighted by molar-refractivity contribution is 7.88. The Bertz CT molecular complexity index is 497. The molecular weight excluding hydrogens is 314 g/mol. The lowest BCUT2D eigenvalue weighted by Gasteiger charge is -2.07. The van der Waals surface area contributed by atoms with Crippen LogP contribution >= 0.6 is 24.0 Å². The van der Waals surface area contributed by atoms with Gasteiger partial charge < -0.3 is 5.32 Å². The Morgan fingerprint density at radius 3 is 2.58 bits per heavy atom. The van der Waals surface area contributed by atoms with Crippen molar-refractivity contribution in [1.82, 2.24) is 10.0 Å². The highest BCUT2D eigenvalue weighted by atomic mass is 35.5. The molecule has 4 nitrogen and oxygen atoms in total. The minimum atomic E-state index is -3.42. The van der Waals surface area contributed by atoms with Gasteiger partial charge in [0.1, 0.15) is 5.82 Å². The van der Waals surface area contributed by atoms with Crippen LogP contribution in [0.5, 0.6) is 0 Å². The van der Waals surface area contributed by atoms with Crippen molar-refractivity contribution in [3.05, 3.63) is 34.6 Å². The lowest BCUT2D eigenvalue weighted by molar-refractivity contribution is 0.576. The fourth-order valence-corrected chi connectivity index (χ4v) is 2.71. The van der Waals surface area contributed by atoms with E-state index in [-0.39, 0.29) is 23.2 Å². The molecule has 19 heavy (non-hydrogen) atoms. The molecule has 2 N–H and O–H groups in total. The molecule has 1 aromatic carbocycles. The molecule has 0 radical (unpaired) electrons. The minimum absolute atomic E-state index is 0. The van der Waals surface area contributed by atoms with Gasteiger partial charge in [0.05, 0.1) is 10.8 Å². The maximum absolute atomic E-state index is 12.9. The van der Waals surface area contributed by atoms with E-state index >= 15 is 0 Å². The number of rotatable bonds is 7. The van der Waals surface area contributed by atoms with Crippen molar-refractivity contribution >= 4 is 34.0 Å². The molecule has 1 rings (SSSR count). The standard InChI is InChI=1S/C11H16ClFN2O2S.ClH/c1-2-14-5-6-15-18(16,17)8-9-3-4-11(13)10(12)7-9;/h3-4,7,14-15H,2,5-6,8H2,1H3;1H. The number of sulfonamides is 1. The monoisotopic (exact) mass is 330 g/mol. The van der Waals surface area contributed by atoms with Gasteiger partial charge in [0, 0.05) is 13.1 Å². The van der Waals surface area contributed by atoms with Crippen molar-refractivity contribution in [3.8, 4) is 0 Å². The molecule has 0 saturated carbocycles. The zero-order valence-electron chi connectivity index (χ0n) is 10.4. The Morgan fingerprint density at radius 2 is 2.00 bits per heavy atom. The zero-order valence-corrected chi connectivity index (χ0v) is 12.8. The molecule has 0 saturated heterocycles. The summed E-state index contributed by atoms with van der Waals surface area (Å²) in [6.45, 7) is 3.62. The second-order valence-electron chi connectivity index (χ2n) is 3.76. The highest BCUT2D eigenvalue weighted by Gasteiger charge is 2.12. The van der Waals surface area contributed by atoms with E-state index in [0.29, 0.717) is 18.7 Å². The second kappa shape index (κ2) is 8.71. The van der Waals surface area contributed by atoms with Gasteiger partial charge in [-0.2, -0.15) is 0 Å². The van der Waals surface area contributed by atoms with Crippen LogP contribution in [0.2, 0.25) is 5.02 Å². The number of benzene rings is 1. The van der Waals surface area contributed by atoms with Crippen LogP contribution in [0.15, 0.2) is 18.2 Å². The molecule has 0 fully saturated rings. The summed E-state index contributed by atoms with van der Waals surface area (Å²) >= 11 is 5.59. The predicted octanol–water partition coefficient (Wildman–Crippen LogP) is 1.93. The van der Waals surface area contributed by atoms with Crippen LogP contribution in [0, 0.1) is 5.82 Å². The first-order valence-electron chi connectivity index (χ1n) is 5.56. The van der Waals surface area contributed by atoms with Gasteiger partial charge in [0.2, 0.25) is 10.0 Å². The minimum Gasteiger partial charge on any atom is -0.316 e. The van der Waals surface area contributed by atoms with Crippen LogP contribution in [-0.2, 0) is 15.8 Å². The van der Waals surface area contributed by atoms with Crippen molar-refractivity contribution < 1.29 is 12.8 Å². The van der Waals surface area contributed by atoms with E-state index in [1.54, 1.807) is 0 Å². The van der Waals surface area contributed by atoms with Crippen LogP contribution in [0.25, 0.3) is 0 Å². The summed E-state index contributed by atoms with van der Waals surface area (Å²) in [6, 6.07) is 3.89. The van der Waals surface area contributed by atoms with Crippen molar-refractivity contribution in [2.75, 3.05) is 19.6 Å². The maximum atomic E-state index is 12.9. The van der Waals surface area contributed by atoms with Crippen LogP contribution in [0.1, 0.15) is 12.5 Å². The van der Waals surface area contributed by atoms with Gasteiger partial charge in [-0.3, -0.25) is 0 Å². The molecule has 0 heterocycles. The van der Waals surface area contributed by atoms with Crippen molar-refractivity contribution in [1.29, 1.82) is 0 Å².